The summed E-state index contributed by atoms with van der Waals surface area (Å²) in [7, 11) is 1.20. The second-order valence-corrected chi connectivity index (χ2v) is 7.99. The highest BCUT2D eigenvalue weighted by Crippen LogP contribution is 2.42. The number of carbonyl (C=O) groups is 1. The fourth-order valence-corrected chi connectivity index (χ4v) is 4.86. The second-order valence-electron chi connectivity index (χ2n) is 7.99. The fraction of sp³-hybridized carbons (Fsp3) is 0.435. The van der Waals surface area contributed by atoms with Gasteiger partial charge in [-0.3, -0.25) is 9.69 Å². The van der Waals surface area contributed by atoms with Gasteiger partial charge in [-0.25, -0.2) is 0 Å². The van der Waals surface area contributed by atoms with Gasteiger partial charge >= 0.3 is 6.18 Å². The van der Waals surface area contributed by atoms with Crippen LogP contribution in [-0.4, -0.2) is 29.9 Å². The van der Waals surface area contributed by atoms with Crippen molar-refractivity contribution >= 4 is 5.78 Å². The van der Waals surface area contributed by atoms with Crippen LogP contribution in [0, 0.1) is 5.92 Å². The summed E-state index contributed by atoms with van der Waals surface area (Å²) in [4.78, 5) is 15.5. The molecule has 2 saturated heterocycles. The molecule has 2 fully saturated rings. The molecule has 0 amide bonds. The van der Waals surface area contributed by atoms with Crippen molar-refractivity contribution in [1.29, 1.82) is 0 Å². The van der Waals surface area contributed by atoms with E-state index in [9.17, 15) is 18.0 Å². The van der Waals surface area contributed by atoms with E-state index in [2.05, 4.69) is 17.0 Å². The lowest BCUT2D eigenvalue weighted by molar-refractivity contribution is -0.138. The van der Waals surface area contributed by atoms with Gasteiger partial charge in [-0.2, -0.15) is 13.2 Å². The van der Waals surface area contributed by atoms with Gasteiger partial charge in [0.25, 0.3) is 0 Å². The van der Waals surface area contributed by atoms with E-state index in [1.807, 2.05) is 18.2 Å². The van der Waals surface area contributed by atoms with Gasteiger partial charge in [0.15, 0.2) is 5.78 Å². The number of hydrogen-bond acceptors (Lipinski definition) is 3. The summed E-state index contributed by atoms with van der Waals surface area (Å²) >= 11 is 0. The highest BCUT2D eigenvalue weighted by molar-refractivity contribution is 5.98. The zero-order valence-corrected chi connectivity index (χ0v) is 16.3. The normalized spacial score (nSPS) is 24.5. The van der Waals surface area contributed by atoms with Crippen LogP contribution in [0.5, 0.6) is 5.75 Å². The smallest absolute Gasteiger partial charge is 0.419 e. The molecule has 2 unspecified atom stereocenters. The van der Waals surface area contributed by atoms with Crippen LogP contribution in [0.15, 0.2) is 48.5 Å². The third-order valence-corrected chi connectivity index (χ3v) is 6.25. The maximum atomic E-state index is 13.3. The summed E-state index contributed by atoms with van der Waals surface area (Å²) in [5.74, 6) is -0.671. The van der Waals surface area contributed by atoms with E-state index >= 15 is 0 Å². The van der Waals surface area contributed by atoms with Crippen molar-refractivity contribution < 1.29 is 22.7 Å². The van der Waals surface area contributed by atoms with Crippen LogP contribution >= 0.6 is 0 Å². The Labute approximate surface area is 168 Å². The highest BCUT2D eigenvalue weighted by Gasteiger charge is 2.43. The molecule has 0 aromatic heterocycles. The van der Waals surface area contributed by atoms with Gasteiger partial charge in [-0.15, -0.1) is 0 Å². The van der Waals surface area contributed by atoms with Gasteiger partial charge in [0.05, 0.1) is 12.7 Å². The van der Waals surface area contributed by atoms with Crippen LogP contribution in [0.4, 0.5) is 13.2 Å². The molecule has 154 valence electrons. The van der Waals surface area contributed by atoms with Crippen molar-refractivity contribution in [2.45, 2.75) is 50.5 Å². The number of nitrogens with zero attached hydrogens (tertiary/aromatic N) is 1. The maximum Gasteiger partial charge on any atom is 0.419 e. The maximum absolute atomic E-state index is 13.3. The molecule has 0 aliphatic carbocycles. The van der Waals surface area contributed by atoms with Gasteiger partial charge in [-0.1, -0.05) is 30.3 Å². The molecule has 2 heterocycles. The Kier molecular flexibility index (Phi) is 5.38. The number of Topliss-reactive ketones (excluding diaryl/α,β-unsaturated/α-hetero) is 1. The summed E-state index contributed by atoms with van der Waals surface area (Å²) in [6.07, 6.45) is -1.07. The summed E-state index contributed by atoms with van der Waals surface area (Å²) < 4.78 is 44.8. The number of fused-ring (bicyclic) bond motifs is 2. The largest absolute Gasteiger partial charge is 0.496 e. The number of hydrogen-bond donors (Lipinski definition) is 0. The number of ketones is 1. The number of methoxy groups -OCH3 is 1. The molecule has 0 radical (unpaired) electrons. The minimum absolute atomic E-state index is 0.124. The quantitative estimate of drug-likeness (QED) is 0.631. The molecule has 29 heavy (non-hydrogen) atoms. The molecular formula is C23H24F3NO2. The molecule has 0 spiro atoms. The highest BCUT2D eigenvalue weighted by atomic mass is 19.4. The molecule has 0 N–H and O–H groups in total. The lowest BCUT2D eigenvalue weighted by Crippen LogP contribution is -2.44. The molecule has 0 saturated carbocycles. The Balaban J connectivity index is 1.50. The van der Waals surface area contributed by atoms with E-state index in [4.69, 9.17) is 4.74 Å². The Bertz CT molecular complexity index is 867. The molecule has 2 aliphatic heterocycles. The lowest BCUT2D eigenvalue weighted by Gasteiger charge is -2.38. The number of piperidine rings is 1. The minimum atomic E-state index is -4.56. The van der Waals surface area contributed by atoms with Gasteiger partial charge < -0.3 is 4.74 Å². The lowest BCUT2D eigenvalue weighted by atomic mass is 9.84. The Morgan fingerprint density at radius 2 is 1.72 bits per heavy atom. The molecule has 3 nitrogen and oxygen atoms in total. The van der Waals surface area contributed by atoms with Crippen LogP contribution in [0.3, 0.4) is 0 Å². The SMILES string of the molecule is COc1ccc(C(=O)C2CC3CCC(C2)N3Cc2ccccc2)cc1C(F)(F)F. The van der Waals surface area contributed by atoms with Crippen molar-refractivity contribution in [3.8, 4) is 5.75 Å². The Morgan fingerprint density at radius 1 is 1.07 bits per heavy atom. The van der Waals surface area contributed by atoms with Crippen LogP contribution in [0.1, 0.15) is 47.2 Å². The Morgan fingerprint density at radius 3 is 2.31 bits per heavy atom. The molecular weight excluding hydrogens is 379 g/mol. The zero-order chi connectivity index (χ0) is 20.6. The molecule has 2 bridgehead atoms. The van der Waals surface area contributed by atoms with Crippen LogP contribution in [0.25, 0.3) is 0 Å². The topological polar surface area (TPSA) is 29.5 Å². The first kappa shape index (κ1) is 20.0. The van der Waals surface area contributed by atoms with Gasteiger partial charge in [-0.05, 0) is 49.4 Å². The second kappa shape index (κ2) is 7.82. The molecule has 6 heteroatoms. The van der Waals surface area contributed by atoms with Gasteiger partial charge in [0.1, 0.15) is 5.75 Å². The number of halogens is 3. The van der Waals surface area contributed by atoms with Crippen molar-refractivity contribution in [3.63, 3.8) is 0 Å². The van der Waals surface area contributed by atoms with E-state index < -0.39 is 11.7 Å². The number of alkyl halides is 3. The predicted octanol–water partition coefficient (Wildman–Crippen LogP) is 5.34. The van der Waals surface area contributed by atoms with Crippen LogP contribution in [0.2, 0.25) is 0 Å². The third kappa shape index (κ3) is 4.04. The van der Waals surface area contributed by atoms with E-state index in [1.165, 1.54) is 24.8 Å². The first-order valence-corrected chi connectivity index (χ1v) is 9.96. The van der Waals surface area contributed by atoms with E-state index in [1.54, 1.807) is 0 Å². The summed E-state index contributed by atoms with van der Waals surface area (Å²) in [6, 6.07) is 14.5. The standard InChI is InChI=1S/C23H24F3NO2/c1-29-21-10-7-16(13-20(21)23(24,25)26)22(28)17-11-18-8-9-19(12-17)27(18)14-15-5-3-2-4-6-15/h2-7,10,13,17-19H,8-9,11-12,14H2,1H3. The average molecular weight is 403 g/mol. The molecule has 2 aliphatic rings. The summed E-state index contributed by atoms with van der Waals surface area (Å²) in [5, 5.41) is 0. The minimum Gasteiger partial charge on any atom is -0.496 e. The van der Waals surface area contributed by atoms with Gasteiger partial charge in [0, 0.05) is 30.1 Å². The number of rotatable bonds is 5. The molecule has 2 aromatic carbocycles. The zero-order valence-electron chi connectivity index (χ0n) is 16.3. The van der Waals surface area contributed by atoms with E-state index in [0.29, 0.717) is 24.9 Å². The number of benzene rings is 2. The Hall–Kier alpha value is -2.34. The van der Waals surface area contributed by atoms with Crippen molar-refractivity contribution in [2.24, 2.45) is 5.92 Å². The number of ether oxygens (including phenoxy) is 1. The molecule has 2 aromatic rings. The monoisotopic (exact) mass is 403 g/mol. The first-order chi connectivity index (χ1) is 13.9. The van der Waals surface area contributed by atoms with Crippen molar-refractivity contribution in [1.82, 2.24) is 4.90 Å². The van der Waals surface area contributed by atoms with Crippen molar-refractivity contribution in [2.75, 3.05) is 7.11 Å². The molecule has 4 rings (SSSR count). The van der Waals surface area contributed by atoms with E-state index in [0.717, 1.165) is 25.5 Å². The first-order valence-electron chi connectivity index (χ1n) is 9.96. The van der Waals surface area contributed by atoms with Gasteiger partial charge in [0.2, 0.25) is 0 Å². The molecule has 2 atom stereocenters. The van der Waals surface area contributed by atoms with Crippen LogP contribution < -0.4 is 4.74 Å². The number of carbonyl (C=O) groups excluding carboxylic acids is 1. The van der Waals surface area contributed by atoms with Crippen LogP contribution in [-0.2, 0) is 12.7 Å². The summed E-state index contributed by atoms with van der Waals surface area (Å²) in [5.41, 5.74) is 0.480. The van der Waals surface area contributed by atoms with E-state index in [-0.39, 0.29) is 23.0 Å². The average Bonchev–Trinajstić information content (AvgIpc) is 2.94. The van der Waals surface area contributed by atoms with Crippen molar-refractivity contribution in [3.05, 3.63) is 65.2 Å². The predicted molar refractivity (Wildman–Crippen MR) is 104 cm³/mol. The summed E-state index contributed by atoms with van der Waals surface area (Å²) in [6.45, 7) is 0.859. The third-order valence-electron chi connectivity index (χ3n) is 6.25. The fourth-order valence-electron chi connectivity index (χ4n) is 4.86.